The summed E-state index contributed by atoms with van der Waals surface area (Å²) < 4.78 is 5.23. The Labute approximate surface area is 141 Å². The molecule has 0 aliphatic rings. The van der Waals surface area contributed by atoms with Crippen molar-refractivity contribution in [1.29, 1.82) is 5.26 Å². The summed E-state index contributed by atoms with van der Waals surface area (Å²) in [4.78, 5) is 11.5. The standard InChI is InChI=1S/C20H14NO2P/c21-15-20(22)23-18-13-7-8-14-19(18)24(16-9-3-1-4-10-16)17-11-5-2-6-12-17/h1-14H. The normalized spacial score (nSPS) is 10.2. The van der Waals surface area contributed by atoms with E-state index in [0.717, 1.165) is 15.9 Å². The van der Waals surface area contributed by atoms with Gasteiger partial charge in [-0.1, -0.05) is 78.9 Å². The largest absolute Gasteiger partial charge is 0.416 e. The summed E-state index contributed by atoms with van der Waals surface area (Å²) in [5.41, 5.74) is 0. The van der Waals surface area contributed by atoms with Gasteiger partial charge in [0.2, 0.25) is 0 Å². The van der Waals surface area contributed by atoms with Crippen LogP contribution in [0.5, 0.6) is 5.75 Å². The van der Waals surface area contributed by atoms with E-state index in [0.29, 0.717) is 5.75 Å². The minimum Gasteiger partial charge on any atom is -0.415 e. The van der Waals surface area contributed by atoms with Gasteiger partial charge in [0.1, 0.15) is 5.75 Å². The van der Waals surface area contributed by atoms with E-state index in [1.165, 1.54) is 6.07 Å². The molecule has 0 unspecified atom stereocenters. The molecule has 3 nitrogen and oxygen atoms in total. The Morgan fingerprint density at radius 3 is 1.83 bits per heavy atom. The Morgan fingerprint density at radius 1 is 0.792 bits per heavy atom. The first-order chi connectivity index (χ1) is 11.8. The van der Waals surface area contributed by atoms with Crippen LogP contribution < -0.4 is 20.7 Å². The number of rotatable bonds is 4. The molecule has 0 fully saturated rings. The highest BCUT2D eigenvalue weighted by Crippen LogP contribution is 2.36. The number of nitrogens with zero attached hydrogens (tertiary/aromatic N) is 1. The predicted molar refractivity (Wildman–Crippen MR) is 96.4 cm³/mol. The molecular formula is C20H14NO2P. The smallest absolute Gasteiger partial charge is 0.415 e. The molecule has 0 heterocycles. The maximum Gasteiger partial charge on any atom is 0.416 e. The summed E-state index contributed by atoms with van der Waals surface area (Å²) in [6.07, 6.45) is 0. The molecule has 0 radical (unpaired) electrons. The van der Waals surface area contributed by atoms with Crippen molar-refractivity contribution in [2.75, 3.05) is 0 Å². The van der Waals surface area contributed by atoms with E-state index in [1.54, 1.807) is 12.1 Å². The van der Waals surface area contributed by atoms with E-state index in [1.807, 2.05) is 48.5 Å². The van der Waals surface area contributed by atoms with Crippen molar-refractivity contribution < 1.29 is 9.53 Å². The average Bonchev–Trinajstić information content (AvgIpc) is 2.65. The molecule has 0 spiro atoms. The van der Waals surface area contributed by atoms with Crippen molar-refractivity contribution in [2.45, 2.75) is 0 Å². The fourth-order valence-corrected chi connectivity index (χ4v) is 4.80. The zero-order valence-electron chi connectivity index (χ0n) is 12.8. The second-order valence-electron chi connectivity index (χ2n) is 4.98. The van der Waals surface area contributed by atoms with Crippen molar-refractivity contribution in [2.24, 2.45) is 0 Å². The number of hydrogen-bond donors (Lipinski definition) is 0. The van der Waals surface area contributed by atoms with Crippen LogP contribution in [-0.2, 0) is 4.79 Å². The van der Waals surface area contributed by atoms with Crippen LogP contribution in [-0.4, -0.2) is 5.97 Å². The predicted octanol–water partition coefficient (Wildman–Crippen LogP) is 2.87. The second kappa shape index (κ2) is 7.55. The summed E-state index contributed by atoms with van der Waals surface area (Å²) >= 11 is 0. The molecule has 3 rings (SSSR count). The summed E-state index contributed by atoms with van der Waals surface area (Å²) in [5.74, 6) is -0.471. The van der Waals surface area contributed by atoms with Gasteiger partial charge in [0, 0.05) is 5.30 Å². The van der Waals surface area contributed by atoms with E-state index >= 15 is 0 Å². The van der Waals surface area contributed by atoms with Gasteiger partial charge in [-0.3, -0.25) is 0 Å². The molecule has 0 N–H and O–H groups in total. The summed E-state index contributed by atoms with van der Waals surface area (Å²) in [7, 11) is -0.889. The van der Waals surface area contributed by atoms with Gasteiger partial charge in [-0.25, -0.2) is 4.79 Å². The Balaban J connectivity index is 2.14. The number of para-hydroxylation sites is 1. The molecule has 0 bridgehead atoms. The van der Waals surface area contributed by atoms with Gasteiger partial charge >= 0.3 is 5.97 Å². The fraction of sp³-hybridized carbons (Fsp3) is 0. The fourth-order valence-electron chi connectivity index (χ4n) is 2.43. The topological polar surface area (TPSA) is 50.1 Å². The van der Waals surface area contributed by atoms with E-state index in [-0.39, 0.29) is 0 Å². The maximum atomic E-state index is 11.5. The van der Waals surface area contributed by atoms with E-state index in [4.69, 9.17) is 10.00 Å². The molecule has 0 aliphatic carbocycles. The summed E-state index contributed by atoms with van der Waals surface area (Å²) in [6.45, 7) is 0. The lowest BCUT2D eigenvalue weighted by Crippen LogP contribution is -2.23. The monoisotopic (exact) mass is 331 g/mol. The molecule has 0 amide bonds. The van der Waals surface area contributed by atoms with Crippen LogP contribution in [0, 0.1) is 11.3 Å². The molecule has 116 valence electrons. The first-order valence-electron chi connectivity index (χ1n) is 7.41. The molecule has 0 atom stereocenters. The summed E-state index contributed by atoms with van der Waals surface area (Å²) in [6, 6.07) is 29.1. The number of benzene rings is 3. The molecule has 0 saturated heterocycles. The van der Waals surface area contributed by atoms with Crippen molar-refractivity contribution in [3.63, 3.8) is 0 Å². The minimum absolute atomic E-state index is 0.433. The third-order valence-electron chi connectivity index (χ3n) is 3.43. The minimum atomic E-state index is -0.904. The average molecular weight is 331 g/mol. The van der Waals surface area contributed by atoms with E-state index in [9.17, 15) is 4.79 Å². The summed E-state index contributed by atoms with van der Waals surface area (Å²) in [5, 5.41) is 12.0. The van der Waals surface area contributed by atoms with E-state index < -0.39 is 13.9 Å². The molecule has 4 heteroatoms. The number of nitriles is 1. The molecule has 3 aromatic carbocycles. The van der Waals surface area contributed by atoms with Crippen LogP contribution in [0.15, 0.2) is 84.9 Å². The number of carbonyl (C=O) groups excluding carboxylic acids is 1. The number of ether oxygens (including phenoxy) is 1. The Hall–Kier alpha value is -2.95. The zero-order chi connectivity index (χ0) is 16.8. The van der Waals surface area contributed by atoms with Gasteiger partial charge in [0.25, 0.3) is 0 Å². The molecule has 0 aromatic heterocycles. The van der Waals surface area contributed by atoms with Gasteiger partial charge in [-0.05, 0) is 24.6 Å². The number of hydrogen-bond acceptors (Lipinski definition) is 3. The second-order valence-corrected chi connectivity index (χ2v) is 7.16. The lowest BCUT2D eigenvalue weighted by Gasteiger charge is -2.21. The van der Waals surface area contributed by atoms with Crippen molar-refractivity contribution in [1.82, 2.24) is 0 Å². The molecule has 24 heavy (non-hydrogen) atoms. The Kier molecular flexibility index (Phi) is 5.01. The van der Waals surface area contributed by atoms with E-state index in [2.05, 4.69) is 24.3 Å². The highest BCUT2D eigenvalue weighted by Gasteiger charge is 2.21. The lowest BCUT2D eigenvalue weighted by atomic mass is 10.3. The first-order valence-corrected chi connectivity index (χ1v) is 8.75. The van der Waals surface area contributed by atoms with Crippen molar-refractivity contribution in [3.8, 4) is 11.8 Å². The van der Waals surface area contributed by atoms with Crippen LogP contribution in [0.4, 0.5) is 0 Å². The first kappa shape index (κ1) is 15.9. The van der Waals surface area contributed by atoms with Gasteiger partial charge in [-0.15, -0.1) is 0 Å². The third-order valence-corrected chi connectivity index (χ3v) is 5.91. The lowest BCUT2D eigenvalue weighted by molar-refractivity contribution is -0.128. The van der Waals surface area contributed by atoms with Crippen molar-refractivity contribution >= 4 is 29.8 Å². The van der Waals surface area contributed by atoms with Gasteiger partial charge in [0.15, 0.2) is 6.07 Å². The molecular weight excluding hydrogens is 317 g/mol. The molecule has 0 saturated carbocycles. The Morgan fingerprint density at radius 2 is 1.29 bits per heavy atom. The third kappa shape index (κ3) is 3.51. The number of carbonyl (C=O) groups is 1. The highest BCUT2D eigenvalue weighted by atomic mass is 31.1. The van der Waals surface area contributed by atoms with Gasteiger partial charge in [-0.2, -0.15) is 5.26 Å². The van der Waals surface area contributed by atoms with Crippen molar-refractivity contribution in [3.05, 3.63) is 84.9 Å². The quantitative estimate of drug-likeness (QED) is 0.320. The van der Waals surface area contributed by atoms with Crippen LogP contribution in [0.3, 0.4) is 0 Å². The SMILES string of the molecule is N#CC(=O)Oc1ccccc1P(c1ccccc1)c1ccccc1. The van der Waals surface area contributed by atoms with Crippen LogP contribution in [0.25, 0.3) is 0 Å². The maximum absolute atomic E-state index is 11.5. The van der Waals surface area contributed by atoms with Crippen LogP contribution in [0.2, 0.25) is 0 Å². The highest BCUT2D eigenvalue weighted by molar-refractivity contribution is 7.80. The van der Waals surface area contributed by atoms with Crippen LogP contribution >= 0.6 is 7.92 Å². The van der Waals surface area contributed by atoms with Gasteiger partial charge in [0.05, 0.1) is 0 Å². The Bertz CT molecular complexity index is 833. The van der Waals surface area contributed by atoms with Gasteiger partial charge < -0.3 is 4.74 Å². The zero-order valence-corrected chi connectivity index (χ0v) is 13.7. The number of esters is 1. The molecule has 0 aliphatic heterocycles. The molecule has 3 aromatic rings. The van der Waals surface area contributed by atoms with Crippen LogP contribution in [0.1, 0.15) is 0 Å².